The summed E-state index contributed by atoms with van der Waals surface area (Å²) in [5.41, 5.74) is 11.8. The van der Waals surface area contributed by atoms with E-state index in [1.807, 2.05) is 11.8 Å². The van der Waals surface area contributed by atoms with E-state index in [1.54, 1.807) is 17.0 Å². The number of aryl methyl sites for hydroxylation is 1. The average Bonchev–Trinajstić information content (AvgIpc) is 3.20. The Kier molecular flexibility index (Phi) is 5.03. The van der Waals surface area contributed by atoms with Gasteiger partial charge in [-0.25, -0.2) is 9.97 Å². The van der Waals surface area contributed by atoms with Crippen LogP contribution in [0, 0.1) is 0 Å². The lowest BCUT2D eigenvalue weighted by molar-refractivity contribution is -0.118. The molecule has 3 rings (SSSR count). The molecule has 1 atom stereocenters. The molecule has 134 valence electrons. The first-order valence-corrected chi connectivity index (χ1v) is 9.15. The van der Waals surface area contributed by atoms with Crippen LogP contribution in [0.1, 0.15) is 46.9 Å². The minimum Gasteiger partial charge on any atom is -0.375 e. The van der Waals surface area contributed by atoms with Crippen LogP contribution in [0.5, 0.6) is 0 Å². The SMILES string of the molecule is CCc1nc(N)sc1C(=O)N1CCC[C@H](c2nccn2CC(N)=O)C1. The van der Waals surface area contributed by atoms with Gasteiger partial charge >= 0.3 is 0 Å². The Morgan fingerprint density at radius 1 is 1.44 bits per heavy atom. The number of nitrogen functional groups attached to an aromatic ring is 1. The summed E-state index contributed by atoms with van der Waals surface area (Å²) in [6, 6.07) is 0. The molecule has 2 aromatic heterocycles. The standard InChI is InChI=1S/C16H22N6O2S/c1-2-11-13(25-16(18)20-11)15(24)22-6-3-4-10(8-22)14-19-5-7-21(14)9-12(17)23/h5,7,10H,2-4,6,8-9H2,1H3,(H2,17,23)(H2,18,20)/t10-/m0/s1. The molecule has 1 aliphatic heterocycles. The summed E-state index contributed by atoms with van der Waals surface area (Å²) in [6.07, 6.45) is 5.90. The summed E-state index contributed by atoms with van der Waals surface area (Å²) in [6.45, 7) is 3.33. The largest absolute Gasteiger partial charge is 0.375 e. The third kappa shape index (κ3) is 3.65. The van der Waals surface area contributed by atoms with Crippen LogP contribution in [0.25, 0.3) is 0 Å². The average molecular weight is 362 g/mol. The topological polar surface area (TPSA) is 120 Å². The maximum absolute atomic E-state index is 12.9. The molecule has 1 saturated heterocycles. The number of anilines is 1. The van der Waals surface area contributed by atoms with Crippen LogP contribution >= 0.6 is 11.3 Å². The number of thiazole rings is 1. The van der Waals surface area contributed by atoms with E-state index < -0.39 is 5.91 Å². The molecule has 1 fully saturated rings. The van der Waals surface area contributed by atoms with Crippen LogP contribution in [0.3, 0.4) is 0 Å². The molecule has 9 heteroatoms. The summed E-state index contributed by atoms with van der Waals surface area (Å²) in [4.78, 5) is 35.2. The van der Waals surface area contributed by atoms with Crippen molar-refractivity contribution in [1.29, 1.82) is 0 Å². The Balaban J connectivity index is 1.78. The first-order valence-electron chi connectivity index (χ1n) is 8.33. The Bertz CT molecular complexity index is 783. The van der Waals surface area contributed by atoms with Crippen molar-refractivity contribution >= 4 is 28.3 Å². The van der Waals surface area contributed by atoms with Gasteiger partial charge in [-0.05, 0) is 19.3 Å². The van der Waals surface area contributed by atoms with Crippen molar-refractivity contribution < 1.29 is 9.59 Å². The van der Waals surface area contributed by atoms with Gasteiger partial charge < -0.3 is 20.9 Å². The molecule has 1 aliphatic rings. The van der Waals surface area contributed by atoms with Gasteiger partial charge in [-0.15, -0.1) is 0 Å². The summed E-state index contributed by atoms with van der Waals surface area (Å²) in [7, 11) is 0. The van der Waals surface area contributed by atoms with Gasteiger partial charge in [0.15, 0.2) is 5.13 Å². The number of hydrogen-bond acceptors (Lipinski definition) is 6. The van der Waals surface area contributed by atoms with Gasteiger partial charge in [0, 0.05) is 31.4 Å². The maximum atomic E-state index is 12.9. The lowest BCUT2D eigenvalue weighted by Gasteiger charge is -2.32. The molecular formula is C16H22N6O2S. The lowest BCUT2D eigenvalue weighted by Crippen LogP contribution is -2.40. The second kappa shape index (κ2) is 7.22. The molecular weight excluding hydrogens is 340 g/mol. The summed E-state index contributed by atoms with van der Waals surface area (Å²) in [5.74, 6) is 0.456. The molecule has 0 radical (unpaired) electrons. The van der Waals surface area contributed by atoms with Gasteiger partial charge in [-0.2, -0.15) is 0 Å². The van der Waals surface area contributed by atoms with Gasteiger partial charge in [0.05, 0.1) is 5.69 Å². The highest BCUT2D eigenvalue weighted by Crippen LogP contribution is 2.29. The minimum absolute atomic E-state index is 0.0243. The number of hydrogen-bond donors (Lipinski definition) is 2. The van der Waals surface area contributed by atoms with Crippen molar-refractivity contribution in [3.63, 3.8) is 0 Å². The number of carbonyl (C=O) groups is 2. The quantitative estimate of drug-likeness (QED) is 0.822. The van der Waals surface area contributed by atoms with Gasteiger partial charge in [-0.1, -0.05) is 18.3 Å². The Labute approximate surface area is 149 Å². The van der Waals surface area contributed by atoms with E-state index in [-0.39, 0.29) is 18.4 Å². The van der Waals surface area contributed by atoms with E-state index in [1.165, 1.54) is 11.3 Å². The van der Waals surface area contributed by atoms with Gasteiger partial charge in [0.2, 0.25) is 5.91 Å². The minimum atomic E-state index is -0.407. The summed E-state index contributed by atoms with van der Waals surface area (Å²) >= 11 is 1.24. The molecule has 8 nitrogen and oxygen atoms in total. The van der Waals surface area contributed by atoms with E-state index in [0.29, 0.717) is 29.5 Å². The number of likely N-dealkylation sites (tertiary alicyclic amines) is 1. The first-order chi connectivity index (χ1) is 12.0. The number of piperidine rings is 1. The number of carbonyl (C=O) groups excluding carboxylic acids is 2. The van der Waals surface area contributed by atoms with E-state index in [4.69, 9.17) is 11.5 Å². The number of primary amides is 1. The molecule has 0 unspecified atom stereocenters. The fraction of sp³-hybridized carbons (Fsp3) is 0.500. The Hall–Kier alpha value is -2.42. The molecule has 3 heterocycles. The fourth-order valence-electron chi connectivity index (χ4n) is 3.27. The zero-order valence-electron chi connectivity index (χ0n) is 14.1. The van der Waals surface area contributed by atoms with Crippen molar-refractivity contribution in [2.24, 2.45) is 5.73 Å². The van der Waals surface area contributed by atoms with Gasteiger partial charge in [0.1, 0.15) is 17.2 Å². The highest BCUT2D eigenvalue weighted by molar-refractivity contribution is 7.17. The van der Waals surface area contributed by atoms with Crippen molar-refractivity contribution in [1.82, 2.24) is 19.4 Å². The number of amides is 2. The molecule has 0 aliphatic carbocycles. The molecule has 0 aromatic carbocycles. The van der Waals surface area contributed by atoms with E-state index in [0.717, 1.165) is 24.4 Å². The summed E-state index contributed by atoms with van der Waals surface area (Å²) < 4.78 is 1.77. The smallest absolute Gasteiger partial charge is 0.265 e. The van der Waals surface area contributed by atoms with Crippen molar-refractivity contribution in [2.45, 2.75) is 38.6 Å². The fourth-order valence-corrected chi connectivity index (χ4v) is 4.16. The van der Waals surface area contributed by atoms with Crippen molar-refractivity contribution in [3.05, 3.63) is 28.8 Å². The zero-order valence-corrected chi connectivity index (χ0v) is 15.0. The van der Waals surface area contributed by atoms with Crippen LogP contribution in [0.4, 0.5) is 5.13 Å². The molecule has 4 N–H and O–H groups in total. The third-order valence-electron chi connectivity index (χ3n) is 4.39. The highest BCUT2D eigenvalue weighted by Gasteiger charge is 2.30. The van der Waals surface area contributed by atoms with Crippen LogP contribution in [-0.2, 0) is 17.8 Å². The third-order valence-corrected chi connectivity index (χ3v) is 5.31. The van der Waals surface area contributed by atoms with Crippen LogP contribution in [0.15, 0.2) is 12.4 Å². The predicted octanol–water partition coefficient (Wildman–Crippen LogP) is 0.989. The number of imidazole rings is 1. The van der Waals surface area contributed by atoms with Crippen LogP contribution in [0.2, 0.25) is 0 Å². The molecule has 0 saturated carbocycles. The Morgan fingerprint density at radius 2 is 2.24 bits per heavy atom. The van der Waals surface area contributed by atoms with Crippen molar-refractivity contribution in [2.75, 3.05) is 18.8 Å². The van der Waals surface area contributed by atoms with Crippen LogP contribution < -0.4 is 11.5 Å². The normalized spacial score (nSPS) is 17.6. The van der Waals surface area contributed by atoms with E-state index in [2.05, 4.69) is 9.97 Å². The van der Waals surface area contributed by atoms with E-state index >= 15 is 0 Å². The highest BCUT2D eigenvalue weighted by atomic mass is 32.1. The molecule has 0 spiro atoms. The number of rotatable bonds is 5. The maximum Gasteiger partial charge on any atom is 0.265 e. The monoisotopic (exact) mass is 362 g/mol. The molecule has 2 amide bonds. The molecule has 25 heavy (non-hydrogen) atoms. The molecule has 0 bridgehead atoms. The molecule has 2 aromatic rings. The predicted molar refractivity (Wildman–Crippen MR) is 95.2 cm³/mol. The van der Waals surface area contributed by atoms with Crippen molar-refractivity contribution in [3.8, 4) is 0 Å². The zero-order chi connectivity index (χ0) is 18.0. The first kappa shape index (κ1) is 17.4. The second-order valence-corrected chi connectivity index (χ2v) is 7.18. The second-order valence-electron chi connectivity index (χ2n) is 6.15. The van der Waals surface area contributed by atoms with E-state index in [9.17, 15) is 9.59 Å². The lowest BCUT2D eigenvalue weighted by atomic mass is 9.96. The van der Waals surface area contributed by atoms with Gasteiger partial charge in [0.25, 0.3) is 5.91 Å². The number of aromatic nitrogens is 3. The number of nitrogens with two attached hydrogens (primary N) is 2. The number of nitrogens with zero attached hydrogens (tertiary/aromatic N) is 4. The van der Waals surface area contributed by atoms with Gasteiger partial charge in [-0.3, -0.25) is 9.59 Å². The summed E-state index contributed by atoms with van der Waals surface area (Å²) in [5, 5.41) is 0.422. The van der Waals surface area contributed by atoms with Crippen LogP contribution in [-0.4, -0.2) is 44.3 Å². The Morgan fingerprint density at radius 3 is 2.96 bits per heavy atom.